The van der Waals surface area contributed by atoms with E-state index in [2.05, 4.69) is 12.4 Å². The molecule has 1 unspecified atom stereocenters. The van der Waals surface area contributed by atoms with E-state index in [4.69, 9.17) is 0 Å². The molecule has 0 saturated carbocycles. The van der Waals surface area contributed by atoms with Gasteiger partial charge in [-0.05, 0) is 25.8 Å². The molecule has 13 heavy (non-hydrogen) atoms. The molecule has 1 atom stereocenters. The second kappa shape index (κ2) is 4.39. The van der Waals surface area contributed by atoms with Gasteiger partial charge in [0, 0.05) is 19.6 Å². The van der Waals surface area contributed by atoms with Crippen molar-refractivity contribution in [3.05, 3.63) is 7.05 Å². The molecule has 1 rings (SSSR count). The lowest BCUT2D eigenvalue weighted by molar-refractivity contribution is 0.451. The summed E-state index contributed by atoms with van der Waals surface area (Å²) < 4.78 is 23.1. The summed E-state index contributed by atoms with van der Waals surface area (Å²) in [5.41, 5.74) is 0. The van der Waals surface area contributed by atoms with Crippen LogP contribution in [0.2, 0.25) is 0 Å². The third kappa shape index (κ3) is 3.62. The molecule has 1 aliphatic rings. The molecule has 0 amide bonds. The Bertz CT molecular complexity index is 245. The monoisotopic (exact) mass is 205 g/mol. The van der Waals surface area contributed by atoms with E-state index >= 15 is 0 Å². The molecule has 0 spiro atoms. The average molecular weight is 205 g/mol. The molecule has 1 fully saturated rings. The van der Waals surface area contributed by atoms with E-state index in [0.29, 0.717) is 12.6 Å². The van der Waals surface area contributed by atoms with E-state index in [1.165, 1.54) is 12.7 Å². The summed E-state index contributed by atoms with van der Waals surface area (Å²) in [6, 6.07) is 0.478. The average Bonchev–Trinajstić information content (AvgIpc) is 2.50. The van der Waals surface area contributed by atoms with Gasteiger partial charge in [-0.25, -0.2) is 12.7 Å². The molecule has 1 aliphatic heterocycles. The minimum Gasteiger partial charge on any atom is -0.314 e. The van der Waals surface area contributed by atoms with E-state index in [0.717, 1.165) is 23.7 Å². The molecule has 0 aromatic carbocycles. The molecule has 0 aromatic heterocycles. The zero-order valence-electron chi connectivity index (χ0n) is 7.99. The van der Waals surface area contributed by atoms with Crippen LogP contribution in [0.15, 0.2) is 0 Å². The van der Waals surface area contributed by atoms with Crippen molar-refractivity contribution in [2.45, 2.75) is 25.3 Å². The molecular formula is C8H17N2O2S. The van der Waals surface area contributed by atoms with Gasteiger partial charge < -0.3 is 5.32 Å². The van der Waals surface area contributed by atoms with Crippen LogP contribution in [-0.2, 0) is 10.0 Å². The van der Waals surface area contributed by atoms with E-state index in [1.807, 2.05) is 0 Å². The minimum absolute atomic E-state index is 0.478. The maximum Gasteiger partial charge on any atom is 0.211 e. The van der Waals surface area contributed by atoms with Crippen LogP contribution in [-0.4, -0.2) is 38.1 Å². The van der Waals surface area contributed by atoms with Gasteiger partial charge in [0.15, 0.2) is 0 Å². The minimum atomic E-state index is -3.10. The number of nitrogens with zero attached hydrogens (tertiary/aromatic N) is 1. The Kier molecular flexibility index (Phi) is 3.70. The van der Waals surface area contributed by atoms with Gasteiger partial charge in [-0.3, -0.25) is 0 Å². The van der Waals surface area contributed by atoms with E-state index in [9.17, 15) is 8.42 Å². The zero-order chi connectivity index (χ0) is 9.90. The number of hydrogen-bond acceptors (Lipinski definition) is 3. The predicted molar refractivity (Wildman–Crippen MR) is 52.5 cm³/mol. The zero-order valence-corrected chi connectivity index (χ0v) is 8.81. The molecule has 0 aromatic rings. The van der Waals surface area contributed by atoms with E-state index in [1.54, 1.807) is 0 Å². The number of nitrogens with one attached hydrogen (secondary N) is 1. The Balaban J connectivity index is 2.25. The van der Waals surface area contributed by atoms with Gasteiger partial charge in [0.25, 0.3) is 0 Å². The van der Waals surface area contributed by atoms with Crippen LogP contribution in [0.4, 0.5) is 0 Å². The van der Waals surface area contributed by atoms with E-state index in [-0.39, 0.29) is 0 Å². The Morgan fingerprint density at radius 3 is 2.77 bits per heavy atom. The molecule has 0 bridgehead atoms. The molecule has 5 heteroatoms. The molecule has 1 saturated heterocycles. The molecule has 77 valence electrons. The third-order valence-electron chi connectivity index (χ3n) is 2.36. The highest BCUT2D eigenvalue weighted by Gasteiger charge is 2.17. The fourth-order valence-corrected chi connectivity index (χ4v) is 1.91. The largest absolute Gasteiger partial charge is 0.314 e. The fraction of sp³-hybridized carbons (Fsp3) is 0.875. The number of hydrogen-bond donors (Lipinski definition) is 1. The quantitative estimate of drug-likeness (QED) is 0.712. The molecule has 0 aliphatic carbocycles. The van der Waals surface area contributed by atoms with Crippen LogP contribution in [0.1, 0.15) is 19.3 Å². The van der Waals surface area contributed by atoms with Crippen molar-refractivity contribution in [3.63, 3.8) is 0 Å². The maximum absolute atomic E-state index is 11.0. The lowest BCUT2D eigenvalue weighted by Gasteiger charge is -2.16. The fourth-order valence-electron chi connectivity index (χ4n) is 1.47. The van der Waals surface area contributed by atoms with Crippen molar-refractivity contribution < 1.29 is 8.42 Å². The molecular weight excluding hydrogens is 188 g/mol. The van der Waals surface area contributed by atoms with Crippen LogP contribution < -0.4 is 5.32 Å². The predicted octanol–water partition coefficient (Wildman–Crippen LogP) is 0.182. The van der Waals surface area contributed by atoms with Gasteiger partial charge in [-0.1, -0.05) is 0 Å². The van der Waals surface area contributed by atoms with Gasteiger partial charge in [-0.2, -0.15) is 0 Å². The molecule has 4 nitrogen and oxygen atoms in total. The molecule has 1 heterocycles. The first-order chi connectivity index (χ1) is 6.00. The van der Waals surface area contributed by atoms with Crippen LogP contribution in [0.3, 0.4) is 0 Å². The summed E-state index contributed by atoms with van der Waals surface area (Å²) in [5, 5.41) is 3.31. The lowest BCUT2D eigenvalue weighted by Crippen LogP contribution is -2.30. The second-order valence-electron chi connectivity index (χ2n) is 3.52. The highest BCUT2D eigenvalue weighted by atomic mass is 32.2. The Morgan fingerprint density at radius 2 is 2.31 bits per heavy atom. The second-order valence-corrected chi connectivity index (χ2v) is 5.50. The van der Waals surface area contributed by atoms with Gasteiger partial charge in [-0.15, -0.1) is 0 Å². The number of sulfonamides is 1. The van der Waals surface area contributed by atoms with Gasteiger partial charge >= 0.3 is 0 Å². The highest BCUT2D eigenvalue weighted by Crippen LogP contribution is 2.09. The summed E-state index contributed by atoms with van der Waals surface area (Å²) in [6.07, 6.45) is 4.39. The van der Waals surface area contributed by atoms with E-state index < -0.39 is 10.0 Å². The highest BCUT2D eigenvalue weighted by molar-refractivity contribution is 7.88. The van der Waals surface area contributed by atoms with Gasteiger partial charge in [0.05, 0.1) is 6.26 Å². The normalized spacial score (nSPS) is 24.1. The Hall–Kier alpha value is -0.130. The van der Waals surface area contributed by atoms with Crippen LogP contribution >= 0.6 is 0 Å². The SMILES string of the molecule is [CH2]N(CCC1CCCN1)S(C)(=O)=O. The molecule has 1 radical (unpaired) electrons. The molecule has 1 N–H and O–H groups in total. The van der Waals surface area contributed by atoms with Gasteiger partial charge in [0.2, 0.25) is 10.0 Å². The lowest BCUT2D eigenvalue weighted by atomic mass is 10.2. The van der Waals surface area contributed by atoms with Crippen molar-refractivity contribution in [1.29, 1.82) is 0 Å². The summed E-state index contributed by atoms with van der Waals surface area (Å²) in [6.45, 7) is 1.57. The van der Waals surface area contributed by atoms with Crippen molar-refractivity contribution >= 4 is 10.0 Å². The van der Waals surface area contributed by atoms with Gasteiger partial charge in [0.1, 0.15) is 0 Å². The van der Waals surface area contributed by atoms with Crippen molar-refractivity contribution in [1.82, 2.24) is 9.62 Å². The first-order valence-electron chi connectivity index (χ1n) is 4.52. The summed E-state index contributed by atoms with van der Waals surface area (Å²) in [7, 11) is 0.388. The Labute approximate surface area is 80.4 Å². The maximum atomic E-state index is 11.0. The Morgan fingerprint density at radius 1 is 1.62 bits per heavy atom. The standard InChI is InChI=1S/C8H17N2O2S/c1-10(13(2,11)12)7-5-8-4-3-6-9-8/h8-9H,1,3-7H2,2H3. The van der Waals surface area contributed by atoms with Crippen molar-refractivity contribution in [3.8, 4) is 0 Å². The summed E-state index contributed by atoms with van der Waals surface area (Å²) in [4.78, 5) is 0. The van der Waals surface area contributed by atoms with Crippen molar-refractivity contribution in [2.75, 3.05) is 19.3 Å². The van der Waals surface area contributed by atoms with Crippen LogP contribution in [0, 0.1) is 7.05 Å². The number of rotatable bonds is 4. The van der Waals surface area contributed by atoms with Crippen molar-refractivity contribution in [2.24, 2.45) is 0 Å². The smallest absolute Gasteiger partial charge is 0.211 e. The third-order valence-corrected chi connectivity index (χ3v) is 3.48. The first kappa shape index (κ1) is 10.9. The summed E-state index contributed by atoms with van der Waals surface area (Å²) >= 11 is 0. The topological polar surface area (TPSA) is 49.4 Å². The van der Waals surface area contributed by atoms with Crippen LogP contribution in [0.5, 0.6) is 0 Å². The summed E-state index contributed by atoms with van der Waals surface area (Å²) in [5.74, 6) is 0. The first-order valence-corrected chi connectivity index (χ1v) is 6.36. The van der Waals surface area contributed by atoms with Crippen LogP contribution in [0.25, 0.3) is 0 Å².